The number of nitrogens with two attached hydrogens (primary N) is 1. The van der Waals surface area contributed by atoms with Gasteiger partial charge in [0.15, 0.2) is 0 Å². The van der Waals surface area contributed by atoms with Crippen molar-refractivity contribution in [2.75, 3.05) is 13.2 Å². The number of esters is 1. The normalized spacial score (nSPS) is 10.8. The molecule has 19 heavy (non-hydrogen) atoms. The maximum absolute atomic E-state index is 11.2. The van der Waals surface area contributed by atoms with E-state index < -0.39 is 0 Å². The molecule has 0 bridgehead atoms. The highest BCUT2D eigenvalue weighted by Crippen LogP contribution is 2.15. The summed E-state index contributed by atoms with van der Waals surface area (Å²) in [5, 5.41) is 0. The highest BCUT2D eigenvalue weighted by atomic mass is 35.5. The van der Waals surface area contributed by atoms with Crippen molar-refractivity contribution in [3.05, 3.63) is 41.5 Å². The average molecular weight is 284 g/mol. The number of ether oxygens (including phenoxy) is 1. The van der Waals surface area contributed by atoms with Crippen LogP contribution in [-0.4, -0.2) is 19.1 Å². The Balaban J connectivity index is 0.00000324. The molecule has 0 unspecified atom stereocenters. The summed E-state index contributed by atoms with van der Waals surface area (Å²) < 4.78 is 4.88. The molecule has 0 aliphatic carbocycles. The lowest BCUT2D eigenvalue weighted by Crippen LogP contribution is -2.02. The van der Waals surface area contributed by atoms with E-state index in [9.17, 15) is 4.79 Å². The van der Waals surface area contributed by atoms with Gasteiger partial charge >= 0.3 is 5.97 Å². The van der Waals surface area contributed by atoms with Crippen LogP contribution in [0.15, 0.2) is 30.3 Å². The van der Waals surface area contributed by atoms with Crippen LogP contribution in [0.2, 0.25) is 0 Å². The lowest BCUT2D eigenvalue weighted by atomic mass is 10.0. The number of rotatable bonds is 6. The van der Waals surface area contributed by atoms with E-state index in [2.05, 4.69) is 24.3 Å². The summed E-state index contributed by atoms with van der Waals surface area (Å²) in [6.07, 6.45) is 3.12. The van der Waals surface area contributed by atoms with Crippen LogP contribution in [0.5, 0.6) is 0 Å². The number of carbonyl (C=O) groups excluding carboxylic acids is 1. The fourth-order valence-electron chi connectivity index (χ4n) is 1.68. The summed E-state index contributed by atoms with van der Waals surface area (Å²) in [5.41, 5.74) is 8.95. The van der Waals surface area contributed by atoms with Crippen molar-refractivity contribution < 1.29 is 9.53 Å². The first-order valence-electron chi connectivity index (χ1n) is 6.29. The van der Waals surface area contributed by atoms with Crippen molar-refractivity contribution >= 4 is 23.9 Å². The molecule has 0 aliphatic heterocycles. The molecule has 0 fully saturated rings. The zero-order valence-electron chi connectivity index (χ0n) is 11.5. The summed E-state index contributed by atoms with van der Waals surface area (Å²) in [4.78, 5) is 11.2. The Kier molecular flexibility index (Phi) is 8.92. The SMILES string of the molecule is CCOC(=O)CC=C(C)c1ccc(CCN)cc1.Cl. The Morgan fingerprint density at radius 2 is 1.95 bits per heavy atom. The van der Waals surface area contributed by atoms with Gasteiger partial charge in [-0.15, -0.1) is 12.4 Å². The molecule has 0 saturated carbocycles. The van der Waals surface area contributed by atoms with E-state index in [4.69, 9.17) is 10.5 Å². The molecule has 3 nitrogen and oxygen atoms in total. The number of carbonyl (C=O) groups is 1. The summed E-state index contributed by atoms with van der Waals surface area (Å²) in [5.74, 6) is -0.184. The number of hydrogen-bond donors (Lipinski definition) is 1. The van der Waals surface area contributed by atoms with Gasteiger partial charge in [0, 0.05) is 0 Å². The monoisotopic (exact) mass is 283 g/mol. The first-order valence-corrected chi connectivity index (χ1v) is 6.29. The second kappa shape index (κ2) is 9.59. The van der Waals surface area contributed by atoms with E-state index in [1.165, 1.54) is 5.56 Å². The van der Waals surface area contributed by atoms with Gasteiger partial charge in [0.2, 0.25) is 0 Å². The van der Waals surface area contributed by atoms with Crippen LogP contribution in [0.25, 0.3) is 5.57 Å². The van der Waals surface area contributed by atoms with Crippen molar-refractivity contribution in [2.24, 2.45) is 5.73 Å². The van der Waals surface area contributed by atoms with Crippen molar-refractivity contribution in [3.63, 3.8) is 0 Å². The van der Waals surface area contributed by atoms with Gasteiger partial charge < -0.3 is 10.5 Å². The standard InChI is InChI=1S/C15H21NO2.ClH/c1-3-18-15(17)9-4-12(2)14-7-5-13(6-8-14)10-11-16;/h4-8H,3,9-11,16H2,1-2H3;1H. The zero-order chi connectivity index (χ0) is 13.4. The van der Waals surface area contributed by atoms with Crippen LogP contribution < -0.4 is 5.73 Å². The predicted octanol–water partition coefficient (Wildman–Crippen LogP) is 2.97. The topological polar surface area (TPSA) is 52.3 Å². The highest BCUT2D eigenvalue weighted by Gasteiger charge is 2.00. The zero-order valence-corrected chi connectivity index (χ0v) is 12.3. The fourth-order valence-corrected chi connectivity index (χ4v) is 1.68. The molecule has 0 atom stereocenters. The minimum Gasteiger partial charge on any atom is -0.466 e. The molecular weight excluding hydrogens is 262 g/mol. The number of benzene rings is 1. The van der Waals surface area contributed by atoms with Gasteiger partial charge in [-0.2, -0.15) is 0 Å². The Bertz CT molecular complexity index is 413. The smallest absolute Gasteiger partial charge is 0.309 e. The molecule has 0 spiro atoms. The van der Waals surface area contributed by atoms with Gasteiger partial charge in [0.05, 0.1) is 13.0 Å². The summed E-state index contributed by atoms with van der Waals surface area (Å²) in [6, 6.07) is 8.26. The Hall–Kier alpha value is -1.32. The second-order valence-electron chi connectivity index (χ2n) is 4.13. The van der Waals surface area contributed by atoms with Gasteiger partial charge in [-0.3, -0.25) is 4.79 Å². The molecule has 1 rings (SSSR count). The molecule has 2 N–H and O–H groups in total. The van der Waals surface area contributed by atoms with Gasteiger partial charge in [-0.25, -0.2) is 0 Å². The molecule has 1 aromatic rings. The molecule has 0 aliphatic rings. The molecule has 4 heteroatoms. The lowest BCUT2D eigenvalue weighted by Gasteiger charge is -2.04. The molecule has 1 aromatic carbocycles. The largest absolute Gasteiger partial charge is 0.466 e. The fraction of sp³-hybridized carbons (Fsp3) is 0.400. The first kappa shape index (κ1) is 17.7. The molecule has 0 aromatic heterocycles. The van der Waals surface area contributed by atoms with Gasteiger partial charge in [0.25, 0.3) is 0 Å². The predicted molar refractivity (Wildman–Crippen MR) is 81.3 cm³/mol. The summed E-state index contributed by atoms with van der Waals surface area (Å²) >= 11 is 0. The molecular formula is C15H22ClNO2. The maximum atomic E-state index is 11.2. The number of halogens is 1. The molecule has 0 saturated heterocycles. The maximum Gasteiger partial charge on any atom is 0.309 e. The van der Waals surface area contributed by atoms with Gasteiger partial charge in [-0.1, -0.05) is 30.3 Å². The van der Waals surface area contributed by atoms with E-state index in [1.54, 1.807) is 0 Å². The van der Waals surface area contributed by atoms with Crippen LogP contribution in [0.3, 0.4) is 0 Å². The average Bonchev–Trinajstić information content (AvgIpc) is 2.37. The summed E-state index contributed by atoms with van der Waals surface area (Å²) in [7, 11) is 0. The van der Waals surface area contributed by atoms with Crippen LogP contribution in [-0.2, 0) is 16.0 Å². The van der Waals surface area contributed by atoms with E-state index in [-0.39, 0.29) is 18.4 Å². The van der Waals surface area contributed by atoms with Crippen molar-refractivity contribution in [1.29, 1.82) is 0 Å². The third kappa shape index (κ3) is 6.41. The molecule has 0 heterocycles. The Morgan fingerprint density at radius 1 is 1.32 bits per heavy atom. The van der Waals surface area contributed by atoms with Crippen LogP contribution >= 0.6 is 12.4 Å². The quantitative estimate of drug-likeness (QED) is 0.817. The Labute approximate surface area is 121 Å². The Morgan fingerprint density at radius 3 is 2.47 bits per heavy atom. The van der Waals surface area contributed by atoms with Gasteiger partial charge in [-0.05, 0) is 43.5 Å². The second-order valence-corrected chi connectivity index (χ2v) is 4.13. The van der Waals surface area contributed by atoms with Crippen LogP contribution in [0, 0.1) is 0 Å². The van der Waals surface area contributed by atoms with Gasteiger partial charge in [0.1, 0.15) is 0 Å². The van der Waals surface area contributed by atoms with E-state index in [0.29, 0.717) is 19.6 Å². The van der Waals surface area contributed by atoms with Crippen molar-refractivity contribution in [3.8, 4) is 0 Å². The molecule has 0 amide bonds. The van der Waals surface area contributed by atoms with Crippen LogP contribution in [0.1, 0.15) is 31.4 Å². The van der Waals surface area contributed by atoms with Crippen LogP contribution in [0.4, 0.5) is 0 Å². The van der Waals surface area contributed by atoms with E-state index in [1.807, 2.05) is 19.9 Å². The minimum absolute atomic E-state index is 0. The third-order valence-electron chi connectivity index (χ3n) is 2.72. The summed E-state index contributed by atoms with van der Waals surface area (Å²) in [6.45, 7) is 4.90. The van der Waals surface area contributed by atoms with E-state index >= 15 is 0 Å². The molecule has 106 valence electrons. The number of allylic oxidation sites excluding steroid dienone is 1. The highest BCUT2D eigenvalue weighted by molar-refractivity contribution is 5.85. The minimum atomic E-state index is -0.184. The van der Waals surface area contributed by atoms with Crippen molar-refractivity contribution in [1.82, 2.24) is 0 Å². The lowest BCUT2D eigenvalue weighted by molar-refractivity contribution is -0.142. The molecule has 0 radical (unpaired) electrons. The number of hydrogen-bond acceptors (Lipinski definition) is 3. The van der Waals surface area contributed by atoms with Crippen molar-refractivity contribution in [2.45, 2.75) is 26.7 Å². The van der Waals surface area contributed by atoms with E-state index in [0.717, 1.165) is 17.6 Å². The third-order valence-corrected chi connectivity index (χ3v) is 2.72. The first-order chi connectivity index (χ1) is 8.67.